The molecule has 2 aromatic carbocycles. The van der Waals surface area contributed by atoms with Crippen molar-refractivity contribution in [2.24, 2.45) is 0 Å². The number of fused-ring (bicyclic) bond motifs is 1. The molecule has 0 saturated heterocycles. The number of benzene rings is 2. The zero-order chi connectivity index (χ0) is 16.2. The zero-order valence-electron chi connectivity index (χ0n) is 12.6. The van der Waals surface area contributed by atoms with Crippen LogP contribution >= 0.6 is 12.2 Å². The highest BCUT2D eigenvalue weighted by molar-refractivity contribution is 7.80. The molecule has 0 radical (unpaired) electrons. The van der Waals surface area contributed by atoms with Crippen LogP contribution < -0.4 is 20.1 Å². The lowest BCUT2D eigenvalue weighted by Crippen LogP contribution is -2.19. The van der Waals surface area contributed by atoms with Crippen molar-refractivity contribution in [2.45, 2.75) is 0 Å². The number of methoxy groups -OCH3 is 2. The molecule has 6 nitrogen and oxygen atoms in total. The van der Waals surface area contributed by atoms with Crippen LogP contribution in [0.15, 0.2) is 47.0 Å². The fourth-order valence-corrected chi connectivity index (χ4v) is 2.37. The normalized spacial score (nSPS) is 10.3. The second-order valence-electron chi connectivity index (χ2n) is 4.68. The molecule has 0 saturated carbocycles. The Bertz CT molecular complexity index is 847. The minimum absolute atomic E-state index is 0.399. The van der Waals surface area contributed by atoms with Crippen LogP contribution in [0.5, 0.6) is 11.5 Å². The van der Waals surface area contributed by atoms with E-state index in [1.807, 2.05) is 30.3 Å². The first-order valence-corrected chi connectivity index (χ1v) is 7.26. The lowest BCUT2D eigenvalue weighted by atomic mass is 10.2. The molecule has 0 bridgehead atoms. The maximum atomic E-state index is 5.31. The first-order valence-electron chi connectivity index (χ1n) is 6.85. The third kappa shape index (κ3) is 3.19. The predicted octanol–water partition coefficient (Wildman–Crippen LogP) is 3.65. The summed E-state index contributed by atoms with van der Waals surface area (Å²) >= 11 is 5.31. The van der Waals surface area contributed by atoms with Gasteiger partial charge in [0.2, 0.25) is 0 Å². The van der Waals surface area contributed by atoms with Crippen molar-refractivity contribution in [1.29, 1.82) is 0 Å². The lowest BCUT2D eigenvalue weighted by Gasteiger charge is -2.12. The van der Waals surface area contributed by atoms with Gasteiger partial charge in [0.25, 0.3) is 0 Å². The monoisotopic (exact) mass is 329 g/mol. The summed E-state index contributed by atoms with van der Waals surface area (Å²) in [7, 11) is 3.17. The number of anilines is 2. The molecule has 0 atom stereocenters. The van der Waals surface area contributed by atoms with E-state index in [-0.39, 0.29) is 0 Å². The fourth-order valence-electron chi connectivity index (χ4n) is 2.16. The Labute approximate surface area is 138 Å². The summed E-state index contributed by atoms with van der Waals surface area (Å²) in [5.74, 6) is 1.84. The SMILES string of the molecule is COc1ccc(NC(=S)Nc2noc3ccccc23)cc1OC. The molecule has 1 heterocycles. The summed E-state index contributed by atoms with van der Waals surface area (Å²) in [6.07, 6.45) is 0. The molecular weight excluding hydrogens is 314 g/mol. The summed E-state index contributed by atoms with van der Waals surface area (Å²) in [6, 6.07) is 13.0. The number of thiocarbonyl (C=S) groups is 1. The number of aromatic nitrogens is 1. The average molecular weight is 329 g/mol. The Morgan fingerprint density at radius 3 is 2.61 bits per heavy atom. The van der Waals surface area contributed by atoms with Gasteiger partial charge in [-0.25, -0.2) is 0 Å². The molecule has 1 aromatic heterocycles. The summed E-state index contributed by atoms with van der Waals surface area (Å²) in [6.45, 7) is 0. The molecule has 0 aliphatic carbocycles. The Morgan fingerprint density at radius 2 is 1.83 bits per heavy atom. The maximum absolute atomic E-state index is 5.31. The Kier molecular flexibility index (Phi) is 4.29. The number of ether oxygens (including phenoxy) is 2. The van der Waals surface area contributed by atoms with Gasteiger partial charge in [-0.2, -0.15) is 0 Å². The minimum atomic E-state index is 0.399. The molecule has 23 heavy (non-hydrogen) atoms. The van der Waals surface area contributed by atoms with Crippen molar-refractivity contribution in [3.05, 3.63) is 42.5 Å². The van der Waals surface area contributed by atoms with Crippen molar-refractivity contribution >= 4 is 39.8 Å². The molecule has 2 N–H and O–H groups in total. The van der Waals surface area contributed by atoms with Gasteiger partial charge in [-0.05, 0) is 36.5 Å². The van der Waals surface area contributed by atoms with E-state index in [1.54, 1.807) is 26.4 Å². The average Bonchev–Trinajstić information content (AvgIpc) is 2.97. The topological polar surface area (TPSA) is 68.5 Å². The van der Waals surface area contributed by atoms with Gasteiger partial charge in [-0.15, -0.1) is 0 Å². The number of nitrogens with one attached hydrogen (secondary N) is 2. The van der Waals surface area contributed by atoms with Crippen LogP contribution in [0, 0.1) is 0 Å². The van der Waals surface area contributed by atoms with Crippen LogP contribution in [0.4, 0.5) is 11.5 Å². The number of hydrogen-bond acceptors (Lipinski definition) is 5. The van der Waals surface area contributed by atoms with E-state index in [9.17, 15) is 0 Å². The zero-order valence-corrected chi connectivity index (χ0v) is 13.4. The molecular formula is C16H15N3O3S. The molecule has 7 heteroatoms. The van der Waals surface area contributed by atoms with E-state index in [2.05, 4.69) is 15.8 Å². The summed E-state index contributed by atoms with van der Waals surface area (Å²) < 4.78 is 15.7. The quantitative estimate of drug-likeness (QED) is 0.708. The fraction of sp³-hybridized carbons (Fsp3) is 0.125. The highest BCUT2D eigenvalue weighted by Gasteiger charge is 2.10. The summed E-state index contributed by atoms with van der Waals surface area (Å²) in [5, 5.41) is 11.3. The Hall–Kier alpha value is -2.80. The van der Waals surface area contributed by atoms with Gasteiger partial charge >= 0.3 is 0 Å². The molecule has 0 spiro atoms. The van der Waals surface area contributed by atoms with E-state index < -0.39 is 0 Å². The standard InChI is InChI=1S/C16H15N3O3S/c1-20-13-8-7-10(9-14(13)21-2)17-16(23)18-15-11-5-3-4-6-12(11)22-19-15/h3-9H,1-2H3,(H2,17,18,19,23). The molecule has 0 aliphatic rings. The van der Waals surface area contributed by atoms with E-state index >= 15 is 0 Å². The minimum Gasteiger partial charge on any atom is -0.493 e. The Balaban J connectivity index is 1.74. The molecule has 118 valence electrons. The highest BCUT2D eigenvalue weighted by Crippen LogP contribution is 2.30. The largest absolute Gasteiger partial charge is 0.493 e. The van der Waals surface area contributed by atoms with Crippen molar-refractivity contribution < 1.29 is 14.0 Å². The van der Waals surface area contributed by atoms with Crippen molar-refractivity contribution in [3.8, 4) is 11.5 Å². The van der Waals surface area contributed by atoms with Crippen molar-refractivity contribution in [3.63, 3.8) is 0 Å². The number of rotatable bonds is 4. The van der Waals surface area contributed by atoms with E-state index in [0.717, 1.165) is 11.1 Å². The smallest absolute Gasteiger partial charge is 0.183 e. The second kappa shape index (κ2) is 6.53. The highest BCUT2D eigenvalue weighted by atomic mass is 32.1. The van der Waals surface area contributed by atoms with Crippen LogP contribution in [-0.4, -0.2) is 24.5 Å². The number of nitrogens with zero attached hydrogens (tertiary/aromatic N) is 1. The third-order valence-corrected chi connectivity index (χ3v) is 3.45. The Morgan fingerprint density at radius 1 is 1.04 bits per heavy atom. The van der Waals surface area contributed by atoms with Gasteiger partial charge in [0, 0.05) is 11.8 Å². The van der Waals surface area contributed by atoms with Gasteiger partial charge in [0.15, 0.2) is 28.0 Å². The van der Waals surface area contributed by atoms with Crippen LogP contribution in [-0.2, 0) is 0 Å². The number of hydrogen-bond donors (Lipinski definition) is 2. The van der Waals surface area contributed by atoms with E-state index in [0.29, 0.717) is 28.0 Å². The first-order chi connectivity index (χ1) is 11.2. The molecule has 0 amide bonds. The molecule has 3 rings (SSSR count). The summed E-state index contributed by atoms with van der Waals surface area (Å²) in [5.41, 5.74) is 1.47. The van der Waals surface area contributed by atoms with E-state index in [4.69, 9.17) is 26.2 Å². The van der Waals surface area contributed by atoms with Crippen molar-refractivity contribution in [1.82, 2.24) is 5.16 Å². The molecule has 0 aliphatic heterocycles. The second-order valence-corrected chi connectivity index (χ2v) is 5.08. The van der Waals surface area contributed by atoms with Crippen LogP contribution in [0.3, 0.4) is 0 Å². The van der Waals surface area contributed by atoms with Gasteiger partial charge in [0.1, 0.15) is 0 Å². The lowest BCUT2D eigenvalue weighted by molar-refractivity contribution is 0.355. The maximum Gasteiger partial charge on any atom is 0.183 e. The summed E-state index contributed by atoms with van der Waals surface area (Å²) in [4.78, 5) is 0. The van der Waals surface area contributed by atoms with E-state index in [1.165, 1.54) is 0 Å². The number of para-hydroxylation sites is 1. The van der Waals surface area contributed by atoms with Crippen molar-refractivity contribution in [2.75, 3.05) is 24.9 Å². The van der Waals surface area contributed by atoms with Gasteiger partial charge in [-0.3, -0.25) is 0 Å². The molecule has 0 unspecified atom stereocenters. The van der Waals surface area contributed by atoms with Gasteiger partial charge < -0.3 is 24.6 Å². The van der Waals surface area contributed by atoms with Crippen LogP contribution in [0.2, 0.25) is 0 Å². The predicted molar refractivity (Wildman–Crippen MR) is 93.4 cm³/mol. The first kappa shape index (κ1) is 15.1. The molecule has 0 fully saturated rings. The van der Waals surface area contributed by atoms with Crippen LogP contribution in [0.25, 0.3) is 11.0 Å². The molecule has 3 aromatic rings. The van der Waals surface area contributed by atoms with Gasteiger partial charge in [-0.1, -0.05) is 17.3 Å². The van der Waals surface area contributed by atoms with Gasteiger partial charge in [0.05, 0.1) is 19.6 Å². The third-order valence-electron chi connectivity index (χ3n) is 3.25. The van der Waals surface area contributed by atoms with Crippen LogP contribution in [0.1, 0.15) is 0 Å².